The smallest absolute Gasteiger partial charge is 0.166 e. The van der Waals surface area contributed by atoms with Crippen molar-refractivity contribution in [3.8, 4) is 11.1 Å². The van der Waals surface area contributed by atoms with Gasteiger partial charge in [-0.15, -0.1) is 0 Å². The van der Waals surface area contributed by atoms with Crippen LogP contribution in [0.2, 0.25) is 0 Å². The second kappa shape index (κ2) is 7.25. The summed E-state index contributed by atoms with van der Waals surface area (Å²) in [5, 5.41) is 0. The van der Waals surface area contributed by atoms with E-state index in [0.29, 0.717) is 5.56 Å². The summed E-state index contributed by atoms with van der Waals surface area (Å²) in [5.41, 5.74) is 2.35. The first-order valence-electron chi connectivity index (χ1n) is 8.67. The third-order valence-electron chi connectivity index (χ3n) is 5.19. The van der Waals surface area contributed by atoms with Gasteiger partial charge in [0.05, 0.1) is 0 Å². The third kappa shape index (κ3) is 3.99. The van der Waals surface area contributed by atoms with E-state index in [1.165, 1.54) is 37.7 Å². The first kappa shape index (κ1) is 16.2. The van der Waals surface area contributed by atoms with E-state index >= 15 is 0 Å². The van der Waals surface area contributed by atoms with Crippen LogP contribution in [0.15, 0.2) is 42.5 Å². The monoisotopic (exact) mass is 314 g/mol. The Morgan fingerprint density at radius 3 is 2.30 bits per heavy atom. The number of benzene rings is 2. The van der Waals surface area contributed by atoms with Crippen molar-refractivity contribution in [2.45, 2.75) is 45.4 Å². The molecule has 0 saturated heterocycles. The average molecular weight is 314 g/mol. The summed E-state index contributed by atoms with van der Waals surface area (Å²) >= 11 is 0. The van der Waals surface area contributed by atoms with Gasteiger partial charge in [0.2, 0.25) is 0 Å². The Bertz CT molecular complexity index is 637. The molecule has 0 atom stereocenters. The van der Waals surface area contributed by atoms with Gasteiger partial charge in [0.15, 0.2) is 11.6 Å². The highest BCUT2D eigenvalue weighted by atomic mass is 19.2. The van der Waals surface area contributed by atoms with Gasteiger partial charge >= 0.3 is 0 Å². The molecular formula is C21H24F2. The molecule has 0 aromatic heterocycles. The topological polar surface area (TPSA) is 0 Å². The van der Waals surface area contributed by atoms with Crippen LogP contribution >= 0.6 is 0 Å². The van der Waals surface area contributed by atoms with Crippen molar-refractivity contribution in [2.75, 3.05) is 0 Å². The molecule has 0 spiro atoms. The van der Waals surface area contributed by atoms with E-state index in [-0.39, 0.29) is 0 Å². The lowest BCUT2D eigenvalue weighted by Crippen LogP contribution is -2.12. The number of rotatable bonds is 4. The summed E-state index contributed by atoms with van der Waals surface area (Å²) in [5.74, 6) is 0.188. The summed E-state index contributed by atoms with van der Waals surface area (Å²) in [6.07, 6.45) is 7.75. The Morgan fingerprint density at radius 1 is 0.913 bits per heavy atom. The molecule has 122 valence electrons. The lowest BCUT2D eigenvalue weighted by molar-refractivity contribution is 0.278. The molecule has 3 rings (SSSR count). The molecule has 1 fully saturated rings. The van der Waals surface area contributed by atoms with E-state index in [0.717, 1.165) is 29.9 Å². The minimum atomic E-state index is -0.793. The van der Waals surface area contributed by atoms with Crippen LogP contribution in [0.4, 0.5) is 8.78 Å². The third-order valence-corrected chi connectivity index (χ3v) is 5.19. The molecule has 2 aromatic carbocycles. The normalized spacial score (nSPS) is 21.3. The Hall–Kier alpha value is -1.70. The molecule has 2 aromatic rings. The number of aryl methyl sites for hydroxylation is 1. The van der Waals surface area contributed by atoms with Gasteiger partial charge in [-0.3, -0.25) is 0 Å². The van der Waals surface area contributed by atoms with Crippen molar-refractivity contribution in [1.82, 2.24) is 0 Å². The Balaban J connectivity index is 1.62. The molecule has 2 heteroatoms. The number of hydrogen-bond acceptors (Lipinski definition) is 0. The van der Waals surface area contributed by atoms with E-state index in [9.17, 15) is 8.78 Å². The maximum absolute atomic E-state index is 13.8. The fraction of sp³-hybridized carbons (Fsp3) is 0.429. The highest BCUT2D eigenvalue weighted by Gasteiger charge is 2.17. The molecule has 1 aliphatic carbocycles. The van der Waals surface area contributed by atoms with Crippen LogP contribution in [0.1, 0.15) is 44.6 Å². The van der Waals surface area contributed by atoms with Gasteiger partial charge in [0.25, 0.3) is 0 Å². The molecule has 0 unspecified atom stereocenters. The zero-order valence-electron chi connectivity index (χ0n) is 13.7. The molecule has 0 heterocycles. The van der Waals surface area contributed by atoms with Crippen LogP contribution < -0.4 is 0 Å². The molecule has 0 radical (unpaired) electrons. The summed E-state index contributed by atoms with van der Waals surface area (Å²) in [4.78, 5) is 0. The fourth-order valence-corrected chi connectivity index (χ4v) is 3.57. The van der Waals surface area contributed by atoms with E-state index in [1.54, 1.807) is 12.1 Å². The molecule has 0 nitrogen and oxygen atoms in total. The van der Waals surface area contributed by atoms with Crippen molar-refractivity contribution in [3.63, 3.8) is 0 Å². The second-order valence-electron chi connectivity index (χ2n) is 6.96. The highest BCUT2D eigenvalue weighted by Crippen LogP contribution is 2.31. The molecule has 0 amide bonds. The summed E-state index contributed by atoms with van der Waals surface area (Å²) in [7, 11) is 0. The molecule has 1 saturated carbocycles. The van der Waals surface area contributed by atoms with Gasteiger partial charge in [0, 0.05) is 5.56 Å². The van der Waals surface area contributed by atoms with Crippen LogP contribution in [0.5, 0.6) is 0 Å². The van der Waals surface area contributed by atoms with Crippen molar-refractivity contribution >= 4 is 0 Å². The Morgan fingerprint density at radius 2 is 1.61 bits per heavy atom. The minimum Gasteiger partial charge on any atom is -0.204 e. The molecular weight excluding hydrogens is 290 g/mol. The van der Waals surface area contributed by atoms with Crippen LogP contribution in [-0.4, -0.2) is 0 Å². The summed E-state index contributed by atoms with van der Waals surface area (Å²) in [6.45, 7) is 2.35. The van der Waals surface area contributed by atoms with Gasteiger partial charge in [0.1, 0.15) is 0 Å². The molecule has 23 heavy (non-hydrogen) atoms. The van der Waals surface area contributed by atoms with Gasteiger partial charge in [-0.2, -0.15) is 0 Å². The number of hydrogen-bond donors (Lipinski definition) is 0. The fourth-order valence-electron chi connectivity index (χ4n) is 3.57. The lowest BCUT2D eigenvalue weighted by atomic mass is 9.80. The molecule has 0 N–H and O–H groups in total. The van der Waals surface area contributed by atoms with E-state index < -0.39 is 11.6 Å². The van der Waals surface area contributed by atoms with Crippen molar-refractivity contribution in [3.05, 3.63) is 59.7 Å². The quantitative estimate of drug-likeness (QED) is 0.613. The van der Waals surface area contributed by atoms with E-state index in [2.05, 4.69) is 6.92 Å². The predicted molar refractivity (Wildman–Crippen MR) is 91.2 cm³/mol. The van der Waals surface area contributed by atoms with Crippen LogP contribution in [0.3, 0.4) is 0 Å². The van der Waals surface area contributed by atoms with Crippen molar-refractivity contribution < 1.29 is 8.78 Å². The zero-order chi connectivity index (χ0) is 16.2. The number of halogens is 2. The minimum absolute atomic E-state index is 0.331. The molecule has 0 aliphatic heterocycles. The van der Waals surface area contributed by atoms with Crippen molar-refractivity contribution in [2.24, 2.45) is 11.8 Å². The van der Waals surface area contributed by atoms with Gasteiger partial charge in [-0.25, -0.2) is 8.78 Å². The average Bonchev–Trinajstić information content (AvgIpc) is 2.57. The maximum Gasteiger partial charge on any atom is 0.166 e. The molecule has 0 bridgehead atoms. The molecule has 1 aliphatic rings. The Kier molecular flexibility index (Phi) is 5.09. The lowest BCUT2D eigenvalue weighted by Gasteiger charge is -2.26. The standard InChI is InChI=1S/C21H24F2/c1-15-5-7-16(8-6-15)9-10-17-11-13-18(14-12-17)19-3-2-4-20(22)21(19)23/h2-4,11-16H,5-10H2,1H3. The van der Waals surface area contributed by atoms with E-state index in [1.807, 2.05) is 24.3 Å². The highest BCUT2D eigenvalue weighted by molar-refractivity contribution is 5.64. The van der Waals surface area contributed by atoms with Crippen molar-refractivity contribution in [1.29, 1.82) is 0 Å². The SMILES string of the molecule is CC1CCC(CCc2ccc(-c3cccc(F)c3F)cc2)CC1. The van der Waals surface area contributed by atoms with Gasteiger partial charge in [-0.05, 0) is 41.9 Å². The van der Waals surface area contributed by atoms with Gasteiger partial charge < -0.3 is 0 Å². The first-order chi connectivity index (χ1) is 11.1. The largest absolute Gasteiger partial charge is 0.204 e. The maximum atomic E-state index is 13.8. The van der Waals surface area contributed by atoms with Gasteiger partial charge in [-0.1, -0.05) is 69.0 Å². The summed E-state index contributed by atoms with van der Waals surface area (Å²) in [6, 6.07) is 12.2. The predicted octanol–water partition coefficient (Wildman–Crippen LogP) is 6.39. The van der Waals surface area contributed by atoms with Crippen LogP contribution in [0, 0.1) is 23.5 Å². The second-order valence-corrected chi connectivity index (χ2v) is 6.96. The van der Waals surface area contributed by atoms with E-state index in [4.69, 9.17) is 0 Å². The van der Waals surface area contributed by atoms with Crippen LogP contribution in [0.25, 0.3) is 11.1 Å². The zero-order valence-corrected chi connectivity index (χ0v) is 13.7. The van der Waals surface area contributed by atoms with Crippen LogP contribution in [-0.2, 0) is 6.42 Å². The first-order valence-corrected chi connectivity index (χ1v) is 8.67. The summed E-state index contributed by atoms with van der Waals surface area (Å²) < 4.78 is 27.2. The Labute approximate surface area is 137 Å².